The van der Waals surface area contributed by atoms with Gasteiger partial charge >= 0.3 is 0 Å². The summed E-state index contributed by atoms with van der Waals surface area (Å²) in [5.41, 5.74) is 0. The van der Waals surface area contributed by atoms with Gasteiger partial charge in [-0.2, -0.15) is 0 Å². The zero-order chi connectivity index (χ0) is 10.8. The molecule has 1 aliphatic rings. The van der Waals surface area contributed by atoms with Crippen LogP contribution in [0.25, 0.3) is 0 Å². The molecule has 2 unspecified atom stereocenters. The van der Waals surface area contributed by atoms with Gasteiger partial charge in [-0.3, -0.25) is 0 Å². The second-order valence-electron chi connectivity index (χ2n) is 3.72. The first-order chi connectivity index (χ1) is 6.43. The Morgan fingerprint density at radius 2 is 2.29 bits per heavy atom. The van der Waals surface area contributed by atoms with Gasteiger partial charge in [-0.25, -0.2) is 0 Å². The molecule has 4 heteroatoms. The van der Waals surface area contributed by atoms with Crippen molar-refractivity contribution in [1.82, 2.24) is 0 Å². The number of hydrogen-bond acceptors (Lipinski definition) is 4. The Bertz CT molecular complexity index is 264. The maximum atomic E-state index is 10.4. The third-order valence-corrected chi connectivity index (χ3v) is 1.93. The fraction of sp³-hybridized carbons (Fsp3) is 0.700. The summed E-state index contributed by atoms with van der Waals surface area (Å²) in [6.45, 7) is 3.41. The maximum Gasteiger partial charge on any atom is 0.164 e. The van der Waals surface area contributed by atoms with E-state index in [0.29, 0.717) is 6.42 Å². The summed E-state index contributed by atoms with van der Waals surface area (Å²) in [6.07, 6.45) is 4.66. The van der Waals surface area contributed by atoms with Gasteiger partial charge in [0.15, 0.2) is 5.79 Å². The number of hydrogen-bond donors (Lipinski definition) is 0. The Balaban J connectivity index is 2.62. The average Bonchev–Trinajstić information content (AvgIpc) is 1.99. The number of ether oxygens (including phenoxy) is 2. The van der Waals surface area contributed by atoms with Crippen molar-refractivity contribution in [1.29, 1.82) is 0 Å². The lowest BCUT2D eigenvalue weighted by atomic mass is 10.1. The molecule has 1 saturated heterocycles. The molecule has 1 heterocycles. The summed E-state index contributed by atoms with van der Waals surface area (Å²) in [4.78, 5) is 10.4. The van der Waals surface area contributed by atoms with E-state index in [0.717, 1.165) is 0 Å². The quantitative estimate of drug-likeness (QED) is 0.569. The van der Waals surface area contributed by atoms with Gasteiger partial charge in [-0.05, 0) is 13.8 Å². The van der Waals surface area contributed by atoms with Gasteiger partial charge in [0.2, 0.25) is 0 Å². The Labute approximate surface area is 83.2 Å². The molecular formula is C10H13O4-. The van der Waals surface area contributed by atoms with Crippen LogP contribution in [0.1, 0.15) is 26.7 Å². The van der Waals surface area contributed by atoms with Crippen LogP contribution in [0.5, 0.6) is 0 Å². The largest absolute Gasteiger partial charge is 0.550 e. The summed E-state index contributed by atoms with van der Waals surface area (Å²) < 4.78 is 10.7. The number of aliphatic carboxylic acids is 1. The number of carboxylic acids is 1. The SMILES string of the molecule is C#CC1CC(CC(=O)[O-])OC(C)(C)O1. The molecule has 0 bridgehead atoms. The van der Waals surface area contributed by atoms with Crippen LogP contribution in [0.3, 0.4) is 0 Å². The van der Waals surface area contributed by atoms with E-state index in [1.165, 1.54) is 0 Å². The topological polar surface area (TPSA) is 58.6 Å². The second kappa shape index (κ2) is 3.99. The predicted molar refractivity (Wildman–Crippen MR) is 46.9 cm³/mol. The number of terminal acetylenes is 1. The van der Waals surface area contributed by atoms with E-state index in [1.807, 2.05) is 0 Å². The van der Waals surface area contributed by atoms with Crippen molar-refractivity contribution in [2.45, 2.75) is 44.7 Å². The van der Waals surface area contributed by atoms with Crippen molar-refractivity contribution in [3.63, 3.8) is 0 Å². The molecule has 2 atom stereocenters. The van der Waals surface area contributed by atoms with E-state index in [4.69, 9.17) is 15.9 Å². The van der Waals surface area contributed by atoms with Crippen molar-refractivity contribution < 1.29 is 19.4 Å². The van der Waals surface area contributed by atoms with E-state index in [9.17, 15) is 9.90 Å². The number of carbonyl (C=O) groups excluding carboxylic acids is 1. The van der Waals surface area contributed by atoms with Crippen LogP contribution in [0.15, 0.2) is 0 Å². The van der Waals surface area contributed by atoms with Crippen LogP contribution >= 0.6 is 0 Å². The smallest absolute Gasteiger partial charge is 0.164 e. The molecule has 1 fully saturated rings. The highest BCUT2D eigenvalue weighted by Crippen LogP contribution is 2.27. The first kappa shape index (κ1) is 11.0. The minimum Gasteiger partial charge on any atom is -0.550 e. The highest BCUT2D eigenvalue weighted by Gasteiger charge is 2.34. The molecule has 0 aromatic rings. The van der Waals surface area contributed by atoms with Crippen molar-refractivity contribution >= 4 is 5.97 Å². The Kier molecular flexibility index (Phi) is 3.14. The molecule has 0 saturated carbocycles. The fourth-order valence-corrected chi connectivity index (χ4v) is 1.52. The maximum absolute atomic E-state index is 10.4. The van der Waals surface area contributed by atoms with Gasteiger partial charge in [0, 0.05) is 18.8 Å². The molecule has 0 aromatic carbocycles. The lowest BCUT2D eigenvalue weighted by molar-refractivity contribution is -0.319. The summed E-state index contributed by atoms with van der Waals surface area (Å²) in [5.74, 6) is 0.488. The van der Waals surface area contributed by atoms with E-state index < -0.39 is 17.9 Å². The van der Waals surface area contributed by atoms with Gasteiger partial charge in [0.05, 0.1) is 6.10 Å². The average molecular weight is 197 g/mol. The second-order valence-corrected chi connectivity index (χ2v) is 3.72. The summed E-state index contributed by atoms with van der Waals surface area (Å²) in [5, 5.41) is 10.4. The molecule has 0 N–H and O–H groups in total. The summed E-state index contributed by atoms with van der Waals surface area (Å²) in [6, 6.07) is 0. The zero-order valence-electron chi connectivity index (χ0n) is 8.28. The third-order valence-electron chi connectivity index (χ3n) is 1.93. The Hall–Kier alpha value is -1.05. The molecule has 0 aliphatic carbocycles. The van der Waals surface area contributed by atoms with Gasteiger partial charge in [-0.1, -0.05) is 5.92 Å². The molecular weight excluding hydrogens is 184 g/mol. The highest BCUT2D eigenvalue weighted by molar-refractivity contribution is 5.64. The number of carbonyl (C=O) groups is 1. The van der Waals surface area contributed by atoms with Crippen molar-refractivity contribution in [2.75, 3.05) is 0 Å². The molecule has 0 radical (unpaired) electrons. The van der Waals surface area contributed by atoms with Crippen LogP contribution in [0.2, 0.25) is 0 Å². The lowest BCUT2D eigenvalue weighted by Crippen LogP contribution is -2.45. The fourth-order valence-electron chi connectivity index (χ4n) is 1.52. The molecule has 0 spiro atoms. The molecule has 4 nitrogen and oxygen atoms in total. The first-order valence-electron chi connectivity index (χ1n) is 4.44. The van der Waals surface area contributed by atoms with E-state index in [2.05, 4.69) is 5.92 Å². The zero-order valence-corrected chi connectivity index (χ0v) is 8.28. The molecule has 0 aromatic heterocycles. The van der Waals surface area contributed by atoms with Crippen LogP contribution in [0, 0.1) is 12.3 Å². The van der Waals surface area contributed by atoms with Crippen LogP contribution < -0.4 is 5.11 Å². The Morgan fingerprint density at radius 1 is 1.64 bits per heavy atom. The third kappa shape index (κ3) is 3.02. The Morgan fingerprint density at radius 3 is 2.79 bits per heavy atom. The van der Waals surface area contributed by atoms with Crippen molar-refractivity contribution in [3.05, 3.63) is 0 Å². The van der Waals surface area contributed by atoms with Crippen molar-refractivity contribution in [3.8, 4) is 12.3 Å². The minimum atomic E-state index is -1.14. The summed E-state index contributed by atoms with van der Waals surface area (Å²) in [7, 11) is 0. The molecule has 78 valence electrons. The van der Waals surface area contributed by atoms with Crippen LogP contribution in [-0.2, 0) is 14.3 Å². The normalized spacial score (nSPS) is 30.6. The lowest BCUT2D eigenvalue weighted by Gasteiger charge is -2.39. The van der Waals surface area contributed by atoms with Crippen LogP contribution in [-0.4, -0.2) is 24.0 Å². The molecule has 14 heavy (non-hydrogen) atoms. The van der Waals surface area contributed by atoms with Crippen LogP contribution in [0.4, 0.5) is 0 Å². The van der Waals surface area contributed by atoms with E-state index >= 15 is 0 Å². The standard InChI is InChI=1S/C10H14O4/c1-4-7-5-8(6-9(11)12)14-10(2,3)13-7/h1,7-8H,5-6H2,2-3H3,(H,11,12)/p-1. The molecule has 0 amide bonds. The molecule has 1 aliphatic heterocycles. The number of rotatable bonds is 2. The predicted octanol–water partition coefficient (Wildman–Crippen LogP) is -0.330. The monoisotopic (exact) mass is 197 g/mol. The van der Waals surface area contributed by atoms with E-state index in [1.54, 1.807) is 13.8 Å². The molecule has 1 rings (SSSR count). The highest BCUT2D eigenvalue weighted by atomic mass is 16.7. The van der Waals surface area contributed by atoms with E-state index in [-0.39, 0.29) is 12.5 Å². The number of carboxylic acid groups (broad SMARTS) is 1. The van der Waals surface area contributed by atoms with Gasteiger partial charge in [0.25, 0.3) is 0 Å². The summed E-state index contributed by atoms with van der Waals surface area (Å²) >= 11 is 0. The van der Waals surface area contributed by atoms with Gasteiger partial charge in [0.1, 0.15) is 6.10 Å². The van der Waals surface area contributed by atoms with Crippen molar-refractivity contribution in [2.24, 2.45) is 0 Å². The van der Waals surface area contributed by atoms with Gasteiger partial charge < -0.3 is 19.4 Å². The van der Waals surface area contributed by atoms with Gasteiger partial charge in [-0.15, -0.1) is 6.42 Å². The minimum absolute atomic E-state index is 0.148. The first-order valence-corrected chi connectivity index (χ1v) is 4.44.